The van der Waals surface area contributed by atoms with Crippen molar-refractivity contribution in [1.82, 2.24) is 0 Å². The summed E-state index contributed by atoms with van der Waals surface area (Å²) in [4.78, 5) is 2.72. The first-order valence-electron chi connectivity index (χ1n) is 3.29. The highest BCUT2D eigenvalue weighted by molar-refractivity contribution is 7.87. The third kappa shape index (κ3) is 1.83. The molecule has 3 N–H and O–H groups in total. The largest absolute Gasteiger partial charge is 0.400 e. The molecule has 1 unspecified atom stereocenters. The van der Waals surface area contributed by atoms with Crippen LogP contribution >= 0.6 is 0 Å². The minimum Gasteiger partial charge on any atom is -0.400 e. The van der Waals surface area contributed by atoms with Gasteiger partial charge in [0.1, 0.15) is 0 Å². The normalized spacial score (nSPS) is 22.4. The van der Waals surface area contributed by atoms with Crippen LogP contribution in [-0.4, -0.2) is 28.7 Å². The Bertz CT molecular complexity index is 428. The summed E-state index contributed by atoms with van der Waals surface area (Å²) in [6, 6.07) is 0. The van der Waals surface area contributed by atoms with E-state index in [1.807, 2.05) is 0 Å². The van der Waals surface area contributed by atoms with Crippen LogP contribution in [0.3, 0.4) is 0 Å². The Morgan fingerprint density at radius 2 is 2.23 bits per heavy atom. The molecule has 0 saturated heterocycles. The zero-order valence-corrected chi connectivity index (χ0v) is 7.27. The van der Waals surface area contributed by atoms with E-state index < -0.39 is 15.4 Å². The maximum atomic E-state index is 10.8. The maximum Gasteiger partial charge on any atom is 0.318 e. The van der Waals surface area contributed by atoms with E-state index in [0.717, 1.165) is 0 Å². The van der Waals surface area contributed by atoms with Crippen LogP contribution in [0.1, 0.15) is 0 Å². The number of nitrogens with zero attached hydrogens (tertiary/aromatic N) is 2. The lowest BCUT2D eigenvalue weighted by molar-refractivity contribution is -0.00544. The topological polar surface area (TPSA) is 117 Å². The average molecular weight is 201 g/mol. The molecule has 1 atom stereocenters. The Morgan fingerprint density at radius 3 is 2.62 bits per heavy atom. The van der Waals surface area contributed by atoms with Gasteiger partial charge in [0.05, 0.1) is 0 Å². The monoisotopic (exact) mass is 201 g/mol. The minimum atomic E-state index is -4.37. The number of hydrogen-bond acceptors (Lipinski definition) is 3. The van der Waals surface area contributed by atoms with Gasteiger partial charge in [-0.05, 0) is 6.08 Å². The fourth-order valence-electron chi connectivity index (χ4n) is 1.01. The highest BCUT2D eigenvalue weighted by Crippen LogP contribution is 2.12. The molecule has 0 heterocycles. The molecular formula is C6H7N3O3S. The number of rotatable bonds is 1. The first-order chi connectivity index (χ1) is 5.96. The molecule has 13 heavy (non-hydrogen) atoms. The van der Waals surface area contributed by atoms with Crippen molar-refractivity contribution in [3.63, 3.8) is 0 Å². The van der Waals surface area contributed by atoms with Gasteiger partial charge in [0.25, 0.3) is 10.1 Å². The summed E-state index contributed by atoms with van der Waals surface area (Å²) in [7, 11) is -4.37. The van der Waals surface area contributed by atoms with Gasteiger partial charge in [-0.3, -0.25) is 4.55 Å². The third-order valence-corrected chi connectivity index (χ3v) is 2.65. The summed E-state index contributed by atoms with van der Waals surface area (Å²) >= 11 is 0. The number of allylic oxidation sites excluding steroid dienone is 3. The van der Waals surface area contributed by atoms with Gasteiger partial charge in [-0.2, -0.15) is 13.2 Å². The highest BCUT2D eigenvalue weighted by atomic mass is 32.2. The van der Waals surface area contributed by atoms with E-state index in [2.05, 4.69) is 4.79 Å². The summed E-state index contributed by atoms with van der Waals surface area (Å²) in [5.74, 6) is 0. The standard InChI is InChI=1S/C6H7N3O3S/c7-4-2-1-3-5(9-8)6(4)13(10,11)12/h1-3,6H,7H2,(H,10,11,12). The average Bonchev–Trinajstić information content (AvgIpc) is 2.01. The van der Waals surface area contributed by atoms with Crippen molar-refractivity contribution in [3.05, 3.63) is 29.5 Å². The molecule has 0 amide bonds. The number of hydrogen-bond donors (Lipinski definition) is 2. The van der Waals surface area contributed by atoms with Gasteiger partial charge in [-0.15, -0.1) is 0 Å². The predicted molar refractivity (Wildman–Crippen MR) is 45.4 cm³/mol. The molecule has 0 fully saturated rings. The molecule has 0 saturated carbocycles. The maximum absolute atomic E-state index is 10.8. The molecule has 1 aliphatic rings. The van der Waals surface area contributed by atoms with Gasteiger partial charge >= 0.3 is 5.71 Å². The molecular weight excluding hydrogens is 194 g/mol. The van der Waals surface area contributed by atoms with Crippen molar-refractivity contribution in [1.29, 1.82) is 0 Å². The zero-order chi connectivity index (χ0) is 10.1. The fraction of sp³-hybridized carbons (Fsp3) is 0.167. The lowest BCUT2D eigenvalue weighted by Crippen LogP contribution is -2.36. The lowest BCUT2D eigenvalue weighted by Gasteiger charge is -2.10. The minimum absolute atomic E-state index is 0.0854. The summed E-state index contributed by atoms with van der Waals surface area (Å²) < 4.78 is 30.3. The Kier molecular flexibility index (Phi) is 2.33. The second kappa shape index (κ2) is 3.14. The van der Waals surface area contributed by atoms with Crippen molar-refractivity contribution >= 4 is 15.8 Å². The third-order valence-electron chi connectivity index (χ3n) is 1.54. The Labute approximate surface area is 74.7 Å². The SMILES string of the molecule is [N-]=[N+]=C1C=CC=C(N)C1S(=O)(=O)O. The van der Waals surface area contributed by atoms with Crippen molar-refractivity contribution in [2.45, 2.75) is 5.25 Å². The van der Waals surface area contributed by atoms with E-state index in [0.29, 0.717) is 0 Å². The molecule has 1 aliphatic carbocycles. The first-order valence-corrected chi connectivity index (χ1v) is 4.79. The van der Waals surface area contributed by atoms with Crippen LogP contribution in [0.5, 0.6) is 0 Å². The summed E-state index contributed by atoms with van der Waals surface area (Å²) in [5.41, 5.74) is 13.4. The molecule has 0 spiro atoms. The van der Waals surface area contributed by atoms with Gasteiger partial charge in [0.2, 0.25) is 5.25 Å². The lowest BCUT2D eigenvalue weighted by atomic mass is 10.1. The van der Waals surface area contributed by atoms with Crippen molar-refractivity contribution < 1.29 is 17.8 Å². The van der Waals surface area contributed by atoms with Crippen LogP contribution in [0.2, 0.25) is 0 Å². The van der Waals surface area contributed by atoms with Crippen LogP contribution in [0, 0.1) is 0 Å². The van der Waals surface area contributed by atoms with Gasteiger partial charge in [0, 0.05) is 11.8 Å². The van der Waals surface area contributed by atoms with Crippen molar-refractivity contribution in [2.75, 3.05) is 0 Å². The van der Waals surface area contributed by atoms with Crippen molar-refractivity contribution in [2.24, 2.45) is 5.73 Å². The van der Waals surface area contributed by atoms with Crippen LogP contribution in [-0.2, 0) is 10.1 Å². The quantitative estimate of drug-likeness (QED) is 0.332. The fourth-order valence-corrected chi connectivity index (χ4v) is 1.87. The smallest absolute Gasteiger partial charge is 0.318 e. The highest BCUT2D eigenvalue weighted by Gasteiger charge is 2.37. The van der Waals surface area contributed by atoms with Crippen molar-refractivity contribution in [3.8, 4) is 0 Å². The Balaban J connectivity index is 3.30. The van der Waals surface area contributed by atoms with Gasteiger partial charge in [-0.1, -0.05) is 6.08 Å². The predicted octanol–water partition coefficient (Wildman–Crippen LogP) is -0.674. The van der Waals surface area contributed by atoms with Crippen LogP contribution in [0.4, 0.5) is 0 Å². The summed E-state index contributed by atoms with van der Waals surface area (Å²) in [5, 5.41) is -1.47. The van der Waals surface area contributed by atoms with Gasteiger partial charge in [0.15, 0.2) is 0 Å². The van der Waals surface area contributed by atoms with E-state index in [1.165, 1.54) is 18.2 Å². The van der Waals surface area contributed by atoms with Gasteiger partial charge < -0.3 is 11.3 Å². The Hall–Kier alpha value is -1.43. The Morgan fingerprint density at radius 1 is 1.62 bits per heavy atom. The van der Waals surface area contributed by atoms with Gasteiger partial charge in [-0.25, -0.2) is 0 Å². The van der Waals surface area contributed by atoms with Crippen LogP contribution in [0.25, 0.3) is 5.53 Å². The van der Waals surface area contributed by atoms with E-state index in [4.69, 9.17) is 15.8 Å². The molecule has 7 heteroatoms. The molecule has 0 aromatic carbocycles. The molecule has 0 aromatic heterocycles. The van der Waals surface area contributed by atoms with E-state index in [9.17, 15) is 8.42 Å². The second-order valence-electron chi connectivity index (χ2n) is 2.45. The van der Waals surface area contributed by atoms with E-state index in [-0.39, 0.29) is 11.4 Å². The molecule has 0 aromatic rings. The van der Waals surface area contributed by atoms with Crippen LogP contribution in [0.15, 0.2) is 23.9 Å². The molecule has 6 nitrogen and oxygen atoms in total. The molecule has 0 radical (unpaired) electrons. The molecule has 0 bridgehead atoms. The summed E-state index contributed by atoms with van der Waals surface area (Å²) in [6.45, 7) is 0. The zero-order valence-electron chi connectivity index (χ0n) is 6.45. The second-order valence-corrected chi connectivity index (χ2v) is 3.95. The summed E-state index contributed by atoms with van der Waals surface area (Å²) in [6.07, 6.45) is 3.98. The number of nitrogens with two attached hydrogens (primary N) is 1. The molecule has 0 aliphatic heterocycles. The van der Waals surface area contributed by atoms with E-state index >= 15 is 0 Å². The molecule has 1 rings (SSSR count). The van der Waals surface area contributed by atoms with Crippen LogP contribution < -0.4 is 5.73 Å². The van der Waals surface area contributed by atoms with E-state index in [1.54, 1.807) is 0 Å². The first kappa shape index (κ1) is 9.66. The molecule has 70 valence electrons.